The number of nitrogens with zero attached hydrogens (tertiary/aromatic N) is 1. The third-order valence-corrected chi connectivity index (χ3v) is 7.06. The summed E-state index contributed by atoms with van der Waals surface area (Å²) in [5, 5.41) is 15.6. The summed E-state index contributed by atoms with van der Waals surface area (Å²) in [6, 6.07) is 18.1. The Morgan fingerprint density at radius 2 is 1.78 bits per heavy atom. The van der Waals surface area contributed by atoms with E-state index in [1.165, 1.54) is 12.8 Å². The molecule has 41 heavy (non-hydrogen) atoms. The number of alkyl carbamates (subject to hydrolysis) is 1. The Morgan fingerprint density at radius 1 is 1.07 bits per heavy atom. The maximum atomic E-state index is 16.0. The van der Waals surface area contributed by atoms with E-state index in [1.807, 2.05) is 54.4 Å². The van der Waals surface area contributed by atoms with E-state index >= 15 is 4.39 Å². The molecule has 0 bridgehead atoms. The molecule has 1 aliphatic carbocycles. The molecule has 218 valence electrons. The largest absolute Gasteiger partial charge is 0.481 e. The molecule has 3 N–H and O–H groups in total. The topological polar surface area (TPSA) is 90.9 Å². The first-order valence-corrected chi connectivity index (χ1v) is 14.1. The van der Waals surface area contributed by atoms with Gasteiger partial charge in [0.1, 0.15) is 11.4 Å². The highest BCUT2D eigenvalue weighted by molar-refractivity contribution is 5.76. The Kier molecular flexibility index (Phi) is 9.21. The first kappa shape index (κ1) is 29.9. The fourth-order valence-electron chi connectivity index (χ4n) is 4.74. The summed E-state index contributed by atoms with van der Waals surface area (Å²) in [4.78, 5) is 25.8. The lowest BCUT2D eigenvalue weighted by Crippen LogP contribution is -2.34. The first-order chi connectivity index (χ1) is 19.4. The Bertz CT molecular complexity index is 1400. The quantitative estimate of drug-likeness (QED) is 0.230. The van der Waals surface area contributed by atoms with E-state index in [-0.39, 0.29) is 6.42 Å². The van der Waals surface area contributed by atoms with Crippen LogP contribution in [-0.4, -0.2) is 36.4 Å². The number of ether oxygens (including phenoxy) is 1. The smallest absolute Gasteiger partial charge is 0.408 e. The average Bonchev–Trinajstić information content (AvgIpc) is 3.71. The second-order valence-corrected chi connectivity index (χ2v) is 11.9. The Labute approximate surface area is 241 Å². The predicted molar refractivity (Wildman–Crippen MR) is 161 cm³/mol. The first-order valence-electron chi connectivity index (χ1n) is 14.1. The summed E-state index contributed by atoms with van der Waals surface area (Å²) in [5.74, 6) is -0.627. The zero-order chi connectivity index (χ0) is 29.7. The zero-order valence-electron chi connectivity index (χ0n) is 24.5. The average molecular weight is 562 g/mol. The molecule has 8 heteroatoms. The van der Waals surface area contributed by atoms with E-state index in [2.05, 4.69) is 10.6 Å². The number of benzene rings is 3. The number of carbonyl (C=O) groups is 2. The van der Waals surface area contributed by atoms with Crippen molar-refractivity contribution in [3.8, 4) is 11.1 Å². The molecule has 0 aliphatic heterocycles. The molecule has 3 aromatic carbocycles. The minimum absolute atomic E-state index is 0.0498. The van der Waals surface area contributed by atoms with E-state index in [1.54, 1.807) is 45.9 Å². The molecule has 1 atom stereocenters. The van der Waals surface area contributed by atoms with Gasteiger partial charge in [-0.05, 0) is 81.3 Å². The van der Waals surface area contributed by atoms with Gasteiger partial charge in [-0.25, -0.2) is 9.18 Å². The van der Waals surface area contributed by atoms with Crippen LogP contribution in [0.4, 0.5) is 20.6 Å². The molecule has 0 radical (unpaired) electrons. The normalized spacial score (nSPS) is 13.8. The van der Waals surface area contributed by atoms with Crippen LogP contribution < -0.4 is 15.5 Å². The summed E-state index contributed by atoms with van der Waals surface area (Å²) in [7, 11) is 1.95. The third kappa shape index (κ3) is 8.46. The molecular formula is C33H40FN3O4. The number of carboxylic acid groups (broad SMARTS) is 1. The second-order valence-electron chi connectivity index (χ2n) is 11.9. The lowest BCUT2D eigenvalue weighted by atomic mass is 9.97. The van der Waals surface area contributed by atoms with Crippen LogP contribution >= 0.6 is 0 Å². The lowest BCUT2D eigenvalue weighted by Gasteiger charge is -2.24. The molecule has 1 saturated carbocycles. The van der Waals surface area contributed by atoms with Crippen molar-refractivity contribution in [3.63, 3.8) is 0 Å². The van der Waals surface area contributed by atoms with Crippen molar-refractivity contribution < 1.29 is 23.8 Å². The number of anilines is 2. The van der Waals surface area contributed by atoms with Crippen LogP contribution in [0.5, 0.6) is 0 Å². The number of rotatable bonds is 11. The highest BCUT2D eigenvalue weighted by atomic mass is 19.1. The van der Waals surface area contributed by atoms with Crippen molar-refractivity contribution in [3.05, 3.63) is 83.2 Å². The monoisotopic (exact) mass is 561 g/mol. The minimum atomic E-state index is -0.876. The van der Waals surface area contributed by atoms with Crippen molar-refractivity contribution in [1.82, 2.24) is 5.32 Å². The standard InChI is InChI=1S/C33H40FN3O4/c1-21(36-32(40)41-33(2,3)4)28-11-8-12-29(31(28)34)25-15-26(35-19-22-13-14-22)18-27(16-25)37(5)20-24-10-7-6-9-23(24)17-30(38)39/h6-12,15-16,18,21-22,35H,13-14,17,19-20H2,1-5H3,(H,36,40)(H,38,39)/t21-/m1/s1. The van der Waals surface area contributed by atoms with Crippen molar-refractivity contribution >= 4 is 23.4 Å². The van der Waals surface area contributed by atoms with Gasteiger partial charge in [0, 0.05) is 42.6 Å². The van der Waals surface area contributed by atoms with Gasteiger partial charge in [0.2, 0.25) is 0 Å². The molecule has 3 aromatic rings. The summed E-state index contributed by atoms with van der Waals surface area (Å²) in [6.45, 7) is 8.42. The summed E-state index contributed by atoms with van der Waals surface area (Å²) in [5.41, 5.74) is 4.28. The molecule has 0 spiro atoms. The highest BCUT2D eigenvalue weighted by Gasteiger charge is 2.23. The summed E-state index contributed by atoms with van der Waals surface area (Å²) in [6.07, 6.45) is 1.76. The number of aliphatic carboxylic acids is 1. The Morgan fingerprint density at radius 3 is 2.44 bits per heavy atom. The van der Waals surface area contributed by atoms with Gasteiger partial charge in [0.25, 0.3) is 0 Å². The van der Waals surface area contributed by atoms with Crippen LogP contribution in [0.25, 0.3) is 11.1 Å². The van der Waals surface area contributed by atoms with E-state index in [4.69, 9.17) is 4.74 Å². The van der Waals surface area contributed by atoms with Crippen LogP contribution in [0, 0.1) is 11.7 Å². The van der Waals surface area contributed by atoms with Gasteiger partial charge < -0.3 is 25.4 Å². The number of carboxylic acids is 1. The molecular weight excluding hydrogens is 521 g/mol. The third-order valence-electron chi connectivity index (χ3n) is 7.06. The molecule has 0 aromatic heterocycles. The molecule has 1 fully saturated rings. The van der Waals surface area contributed by atoms with Crippen molar-refractivity contribution in [1.29, 1.82) is 0 Å². The van der Waals surface area contributed by atoms with E-state index in [0.717, 1.165) is 29.0 Å². The number of amides is 1. The van der Waals surface area contributed by atoms with Crippen LogP contribution in [0.2, 0.25) is 0 Å². The van der Waals surface area contributed by atoms with E-state index in [9.17, 15) is 14.7 Å². The van der Waals surface area contributed by atoms with Crippen LogP contribution in [0.3, 0.4) is 0 Å². The Balaban J connectivity index is 1.65. The van der Waals surface area contributed by atoms with Gasteiger partial charge in [-0.15, -0.1) is 0 Å². The number of carbonyl (C=O) groups excluding carboxylic acids is 1. The van der Waals surface area contributed by atoms with Crippen molar-refractivity contribution in [2.45, 2.75) is 65.1 Å². The molecule has 1 aliphatic rings. The van der Waals surface area contributed by atoms with Crippen LogP contribution in [0.15, 0.2) is 60.7 Å². The van der Waals surface area contributed by atoms with Gasteiger partial charge in [0.15, 0.2) is 0 Å². The number of hydrogen-bond acceptors (Lipinski definition) is 5. The molecule has 0 heterocycles. The molecule has 0 saturated heterocycles. The lowest BCUT2D eigenvalue weighted by molar-refractivity contribution is -0.136. The van der Waals surface area contributed by atoms with Gasteiger partial charge in [-0.1, -0.05) is 42.5 Å². The van der Waals surface area contributed by atoms with Crippen LogP contribution in [-0.2, 0) is 22.5 Å². The van der Waals surface area contributed by atoms with E-state index < -0.39 is 29.5 Å². The highest BCUT2D eigenvalue weighted by Crippen LogP contribution is 2.35. The minimum Gasteiger partial charge on any atom is -0.481 e. The van der Waals surface area contributed by atoms with Crippen molar-refractivity contribution in [2.75, 3.05) is 23.8 Å². The van der Waals surface area contributed by atoms with Gasteiger partial charge >= 0.3 is 12.1 Å². The molecule has 1 amide bonds. The Hall–Kier alpha value is -4.07. The van der Waals surface area contributed by atoms with Gasteiger partial charge in [-0.3, -0.25) is 4.79 Å². The molecule has 0 unspecified atom stereocenters. The number of hydrogen-bond donors (Lipinski definition) is 3. The van der Waals surface area contributed by atoms with Gasteiger partial charge in [-0.2, -0.15) is 0 Å². The maximum absolute atomic E-state index is 16.0. The second kappa shape index (κ2) is 12.6. The molecule has 7 nitrogen and oxygen atoms in total. The van der Waals surface area contributed by atoms with Crippen molar-refractivity contribution in [2.24, 2.45) is 5.92 Å². The number of halogens is 1. The predicted octanol–water partition coefficient (Wildman–Crippen LogP) is 7.16. The van der Waals surface area contributed by atoms with Gasteiger partial charge in [0.05, 0.1) is 12.5 Å². The number of nitrogens with one attached hydrogen (secondary N) is 2. The fraction of sp³-hybridized carbons (Fsp3) is 0.394. The van der Waals surface area contributed by atoms with Crippen LogP contribution in [0.1, 0.15) is 63.3 Å². The summed E-state index contributed by atoms with van der Waals surface area (Å²) >= 11 is 0. The van der Waals surface area contributed by atoms with E-state index in [0.29, 0.717) is 29.2 Å². The molecule has 4 rings (SSSR count). The summed E-state index contributed by atoms with van der Waals surface area (Å²) < 4.78 is 21.4. The zero-order valence-corrected chi connectivity index (χ0v) is 24.5. The fourth-order valence-corrected chi connectivity index (χ4v) is 4.74. The maximum Gasteiger partial charge on any atom is 0.408 e. The SMILES string of the molecule is C[C@@H](NC(=O)OC(C)(C)C)c1cccc(-c2cc(NCC3CC3)cc(N(C)Cc3ccccc3CC(=O)O)c2)c1F.